The molecule has 0 unspecified atom stereocenters. The van der Waals surface area contributed by atoms with E-state index in [1.165, 1.54) is 18.0 Å². The number of benzene rings is 1. The number of hydrogen-bond donors (Lipinski definition) is 1. The number of nitrogens with zero attached hydrogens (tertiary/aromatic N) is 4. The van der Waals surface area contributed by atoms with Crippen molar-refractivity contribution < 1.29 is 4.73 Å². The molecule has 0 saturated carbocycles. The summed E-state index contributed by atoms with van der Waals surface area (Å²) < 4.78 is 0.807. The standard InChI is InChI=1S/C19H19N5O/c20-17-3-1-15(2-4-17)19-21-11-16-13-23(8-7-18(16)22-19)12-14-5-9-24(25)10-6-14/h1-6,9-11H,7-8,12-13,20H2. The number of aromatic nitrogens is 3. The summed E-state index contributed by atoms with van der Waals surface area (Å²) in [6.07, 6.45) is 5.90. The molecular weight excluding hydrogens is 314 g/mol. The molecule has 0 amide bonds. The molecule has 1 aromatic carbocycles. The van der Waals surface area contributed by atoms with E-state index >= 15 is 0 Å². The third-order valence-corrected chi connectivity index (χ3v) is 4.46. The summed E-state index contributed by atoms with van der Waals surface area (Å²) in [4.78, 5) is 11.6. The quantitative estimate of drug-likeness (QED) is 0.450. The average Bonchev–Trinajstić information content (AvgIpc) is 2.64. The molecule has 1 aliphatic rings. The summed E-state index contributed by atoms with van der Waals surface area (Å²) in [5.41, 5.74) is 10.9. The zero-order chi connectivity index (χ0) is 17.2. The van der Waals surface area contributed by atoms with E-state index in [0.717, 1.165) is 59.1 Å². The molecule has 0 radical (unpaired) electrons. The van der Waals surface area contributed by atoms with Crippen LogP contribution in [0.2, 0.25) is 0 Å². The summed E-state index contributed by atoms with van der Waals surface area (Å²) in [5, 5.41) is 11.1. The van der Waals surface area contributed by atoms with Gasteiger partial charge in [-0.2, -0.15) is 4.73 Å². The Kier molecular flexibility index (Phi) is 4.03. The maximum Gasteiger partial charge on any atom is 0.180 e. The highest BCUT2D eigenvalue weighted by Gasteiger charge is 2.19. The first-order valence-electron chi connectivity index (χ1n) is 8.28. The molecule has 126 valence electrons. The Morgan fingerprint density at radius 1 is 1.12 bits per heavy atom. The molecule has 0 bridgehead atoms. The minimum Gasteiger partial charge on any atom is -0.619 e. The highest BCUT2D eigenvalue weighted by atomic mass is 16.5. The van der Waals surface area contributed by atoms with Gasteiger partial charge in [-0.05, 0) is 29.8 Å². The molecule has 0 atom stereocenters. The first kappa shape index (κ1) is 15.5. The maximum atomic E-state index is 11.1. The third-order valence-electron chi connectivity index (χ3n) is 4.46. The van der Waals surface area contributed by atoms with E-state index in [0.29, 0.717) is 0 Å². The van der Waals surface area contributed by atoms with Gasteiger partial charge in [-0.25, -0.2) is 9.97 Å². The monoisotopic (exact) mass is 333 g/mol. The van der Waals surface area contributed by atoms with Gasteiger partial charge in [0.2, 0.25) is 0 Å². The lowest BCUT2D eigenvalue weighted by Gasteiger charge is -2.28. The number of fused-ring (bicyclic) bond motifs is 1. The van der Waals surface area contributed by atoms with E-state index < -0.39 is 0 Å². The van der Waals surface area contributed by atoms with Crippen molar-refractivity contribution >= 4 is 5.69 Å². The molecule has 4 rings (SSSR count). The van der Waals surface area contributed by atoms with Crippen LogP contribution in [0, 0.1) is 5.21 Å². The van der Waals surface area contributed by atoms with Gasteiger partial charge >= 0.3 is 0 Å². The van der Waals surface area contributed by atoms with Crippen molar-refractivity contribution in [2.24, 2.45) is 0 Å². The molecule has 0 saturated heterocycles. The van der Waals surface area contributed by atoms with Gasteiger partial charge in [0.25, 0.3) is 0 Å². The van der Waals surface area contributed by atoms with Crippen LogP contribution < -0.4 is 10.5 Å². The van der Waals surface area contributed by atoms with E-state index in [4.69, 9.17) is 10.7 Å². The predicted molar refractivity (Wildman–Crippen MR) is 95.1 cm³/mol. The fourth-order valence-electron chi connectivity index (χ4n) is 3.09. The van der Waals surface area contributed by atoms with Gasteiger partial charge in [-0.3, -0.25) is 4.90 Å². The lowest BCUT2D eigenvalue weighted by molar-refractivity contribution is -0.605. The number of rotatable bonds is 3. The van der Waals surface area contributed by atoms with Crippen LogP contribution in [0.15, 0.2) is 55.0 Å². The fraction of sp³-hybridized carbons (Fsp3) is 0.211. The molecule has 6 nitrogen and oxygen atoms in total. The second kappa shape index (κ2) is 6.49. The van der Waals surface area contributed by atoms with Crippen molar-refractivity contribution in [1.82, 2.24) is 14.9 Å². The first-order chi connectivity index (χ1) is 12.2. The molecule has 2 N–H and O–H groups in total. The lowest BCUT2D eigenvalue weighted by atomic mass is 10.1. The lowest BCUT2D eigenvalue weighted by Crippen LogP contribution is -2.31. The number of nitrogen functional groups attached to an aromatic ring is 1. The molecule has 3 heterocycles. The van der Waals surface area contributed by atoms with Gasteiger partial charge in [0.1, 0.15) is 0 Å². The summed E-state index contributed by atoms with van der Waals surface area (Å²) in [5.74, 6) is 0.746. The zero-order valence-electron chi connectivity index (χ0n) is 13.8. The van der Waals surface area contributed by atoms with Crippen LogP contribution in [0.1, 0.15) is 16.8 Å². The molecule has 1 aliphatic heterocycles. The molecule has 0 spiro atoms. The van der Waals surface area contributed by atoms with Gasteiger partial charge in [-0.15, -0.1) is 0 Å². The van der Waals surface area contributed by atoms with Crippen LogP contribution in [-0.4, -0.2) is 21.4 Å². The van der Waals surface area contributed by atoms with Crippen molar-refractivity contribution in [2.75, 3.05) is 12.3 Å². The average molecular weight is 333 g/mol. The van der Waals surface area contributed by atoms with Crippen LogP contribution in [0.4, 0.5) is 5.69 Å². The number of pyridine rings is 1. The fourth-order valence-corrected chi connectivity index (χ4v) is 3.09. The Hall–Kier alpha value is -2.99. The predicted octanol–water partition coefficient (Wildman–Crippen LogP) is 1.92. The van der Waals surface area contributed by atoms with Crippen molar-refractivity contribution in [2.45, 2.75) is 19.5 Å². The number of hydrogen-bond acceptors (Lipinski definition) is 5. The molecule has 25 heavy (non-hydrogen) atoms. The van der Waals surface area contributed by atoms with Crippen LogP contribution in [-0.2, 0) is 19.5 Å². The number of nitrogens with two attached hydrogens (primary N) is 1. The third kappa shape index (κ3) is 3.44. The minimum absolute atomic E-state index is 0.737. The largest absolute Gasteiger partial charge is 0.619 e. The Balaban J connectivity index is 1.50. The second-order valence-electron chi connectivity index (χ2n) is 6.31. The molecule has 0 aliphatic carbocycles. The Bertz CT molecular complexity index is 877. The maximum absolute atomic E-state index is 11.1. The van der Waals surface area contributed by atoms with Crippen molar-refractivity contribution in [3.63, 3.8) is 0 Å². The van der Waals surface area contributed by atoms with Crippen molar-refractivity contribution in [3.05, 3.63) is 77.0 Å². The molecule has 0 fully saturated rings. The van der Waals surface area contributed by atoms with Crippen molar-refractivity contribution in [1.29, 1.82) is 0 Å². The van der Waals surface area contributed by atoms with Crippen LogP contribution in [0.25, 0.3) is 11.4 Å². The van der Waals surface area contributed by atoms with Crippen LogP contribution in [0.5, 0.6) is 0 Å². The molecule has 3 aromatic rings. The second-order valence-corrected chi connectivity index (χ2v) is 6.31. The normalized spacial score (nSPS) is 14.2. The summed E-state index contributed by atoms with van der Waals surface area (Å²) in [6.45, 7) is 2.58. The van der Waals surface area contributed by atoms with E-state index in [9.17, 15) is 5.21 Å². The van der Waals surface area contributed by atoms with Gasteiger partial charge in [0, 0.05) is 61.2 Å². The Morgan fingerprint density at radius 2 is 1.88 bits per heavy atom. The van der Waals surface area contributed by atoms with Gasteiger partial charge < -0.3 is 10.9 Å². The topological polar surface area (TPSA) is 82.0 Å². The Labute approximate surface area is 146 Å². The van der Waals surface area contributed by atoms with Gasteiger partial charge in [0.15, 0.2) is 18.2 Å². The van der Waals surface area contributed by atoms with Crippen molar-refractivity contribution in [3.8, 4) is 11.4 Å². The SMILES string of the molecule is Nc1ccc(-c2ncc3c(n2)CCN(Cc2cc[n+]([O-])cc2)C3)cc1. The van der Waals surface area contributed by atoms with E-state index in [1.54, 1.807) is 0 Å². The first-order valence-corrected chi connectivity index (χ1v) is 8.28. The summed E-state index contributed by atoms with van der Waals surface area (Å²) in [7, 11) is 0. The zero-order valence-corrected chi connectivity index (χ0v) is 13.8. The molecule has 2 aromatic heterocycles. The molecular formula is C19H19N5O. The highest BCUT2D eigenvalue weighted by Crippen LogP contribution is 2.22. The Morgan fingerprint density at radius 3 is 2.64 bits per heavy atom. The van der Waals surface area contributed by atoms with E-state index in [1.807, 2.05) is 42.6 Å². The highest BCUT2D eigenvalue weighted by molar-refractivity contribution is 5.58. The molecule has 6 heteroatoms. The summed E-state index contributed by atoms with van der Waals surface area (Å²) >= 11 is 0. The van der Waals surface area contributed by atoms with Gasteiger partial charge in [-0.1, -0.05) is 0 Å². The minimum atomic E-state index is 0.737. The van der Waals surface area contributed by atoms with E-state index in [-0.39, 0.29) is 0 Å². The van der Waals surface area contributed by atoms with Gasteiger partial charge in [0.05, 0.1) is 5.69 Å². The number of anilines is 1. The van der Waals surface area contributed by atoms with Crippen LogP contribution in [0.3, 0.4) is 0 Å². The summed E-state index contributed by atoms with van der Waals surface area (Å²) in [6, 6.07) is 11.4. The van der Waals surface area contributed by atoms with Crippen LogP contribution >= 0.6 is 0 Å². The van der Waals surface area contributed by atoms with E-state index in [2.05, 4.69) is 9.88 Å². The smallest absolute Gasteiger partial charge is 0.180 e.